The topological polar surface area (TPSA) is 49.3 Å². The van der Waals surface area contributed by atoms with Gasteiger partial charge in [-0.1, -0.05) is 45.0 Å². The second-order valence-corrected chi connectivity index (χ2v) is 5.57. The average molecular weight is 261 g/mol. The van der Waals surface area contributed by atoms with Gasteiger partial charge in [-0.05, 0) is 29.0 Å². The normalized spacial score (nSPS) is 11.8. The van der Waals surface area contributed by atoms with Crippen molar-refractivity contribution in [3.63, 3.8) is 0 Å². The molecule has 104 valence electrons. The summed E-state index contributed by atoms with van der Waals surface area (Å²) in [6.45, 7) is 7.12. The van der Waals surface area contributed by atoms with Gasteiger partial charge in [0.1, 0.15) is 0 Å². The molecule has 19 heavy (non-hydrogen) atoms. The molecule has 1 aromatic carbocycles. The summed E-state index contributed by atoms with van der Waals surface area (Å²) in [6, 6.07) is 8.20. The van der Waals surface area contributed by atoms with Crippen LogP contribution in [0, 0.1) is 0 Å². The van der Waals surface area contributed by atoms with Crippen LogP contribution >= 0.6 is 0 Å². The maximum Gasteiger partial charge on any atom is 0.244 e. The van der Waals surface area contributed by atoms with Crippen LogP contribution in [0.1, 0.15) is 38.3 Å². The molecular weight excluding hydrogens is 238 g/mol. The monoisotopic (exact) mass is 261 g/mol. The number of carbonyl (C=O) groups is 1. The lowest BCUT2D eigenvalue weighted by molar-refractivity contribution is -0.116. The number of hydrogen-bond donors (Lipinski definition) is 2. The van der Waals surface area contributed by atoms with E-state index < -0.39 is 0 Å². The fourth-order valence-electron chi connectivity index (χ4n) is 1.62. The van der Waals surface area contributed by atoms with Crippen molar-refractivity contribution in [3.8, 4) is 0 Å². The predicted molar refractivity (Wildman–Crippen MR) is 78.9 cm³/mol. The van der Waals surface area contributed by atoms with Gasteiger partial charge in [0.2, 0.25) is 5.91 Å². The number of amides is 1. The summed E-state index contributed by atoms with van der Waals surface area (Å²) in [7, 11) is 0. The molecule has 0 atom stereocenters. The van der Waals surface area contributed by atoms with E-state index in [9.17, 15) is 4.79 Å². The molecule has 0 saturated carbocycles. The van der Waals surface area contributed by atoms with Crippen molar-refractivity contribution in [2.75, 3.05) is 13.2 Å². The SMILES string of the molecule is CC(C)(C)c1ccc(/C=C/C(=O)NCCCO)cc1. The van der Waals surface area contributed by atoms with Gasteiger partial charge >= 0.3 is 0 Å². The standard InChI is InChI=1S/C16H23NO2/c1-16(2,3)14-8-5-13(6-9-14)7-10-15(19)17-11-4-12-18/h5-10,18H,4,11-12H2,1-3H3,(H,17,19)/b10-7+. The first-order valence-corrected chi connectivity index (χ1v) is 6.61. The van der Waals surface area contributed by atoms with E-state index in [1.54, 1.807) is 6.08 Å². The molecule has 1 amide bonds. The summed E-state index contributed by atoms with van der Waals surface area (Å²) in [5.41, 5.74) is 2.42. The molecule has 1 rings (SSSR count). The Kier molecular flexibility index (Phi) is 5.77. The highest BCUT2D eigenvalue weighted by Gasteiger charge is 2.12. The van der Waals surface area contributed by atoms with Gasteiger partial charge in [-0.3, -0.25) is 4.79 Å². The van der Waals surface area contributed by atoms with E-state index in [2.05, 4.69) is 38.2 Å². The summed E-state index contributed by atoms with van der Waals surface area (Å²) < 4.78 is 0. The molecule has 0 heterocycles. The van der Waals surface area contributed by atoms with Crippen molar-refractivity contribution in [1.82, 2.24) is 5.32 Å². The Balaban J connectivity index is 2.55. The lowest BCUT2D eigenvalue weighted by Gasteiger charge is -2.18. The lowest BCUT2D eigenvalue weighted by atomic mass is 9.87. The fourth-order valence-corrected chi connectivity index (χ4v) is 1.62. The van der Waals surface area contributed by atoms with E-state index >= 15 is 0 Å². The third-order valence-electron chi connectivity index (χ3n) is 2.84. The molecule has 0 saturated heterocycles. The van der Waals surface area contributed by atoms with Crippen LogP contribution in [0.3, 0.4) is 0 Å². The van der Waals surface area contributed by atoms with Crippen molar-refractivity contribution in [2.45, 2.75) is 32.6 Å². The van der Waals surface area contributed by atoms with Gasteiger partial charge in [0, 0.05) is 19.2 Å². The third kappa shape index (κ3) is 5.71. The summed E-state index contributed by atoms with van der Waals surface area (Å²) in [6.07, 6.45) is 3.89. The minimum atomic E-state index is -0.131. The zero-order valence-corrected chi connectivity index (χ0v) is 11.9. The molecule has 3 heteroatoms. The van der Waals surface area contributed by atoms with E-state index in [0.717, 1.165) is 5.56 Å². The molecule has 0 aromatic heterocycles. The highest BCUT2D eigenvalue weighted by Crippen LogP contribution is 2.22. The van der Waals surface area contributed by atoms with E-state index in [0.29, 0.717) is 13.0 Å². The van der Waals surface area contributed by atoms with Crippen molar-refractivity contribution in [2.24, 2.45) is 0 Å². The second-order valence-electron chi connectivity index (χ2n) is 5.57. The number of nitrogens with one attached hydrogen (secondary N) is 1. The van der Waals surface area contributed by atoms with Crippen LogP contribution in [-0.4, -0.2) is 24.2 Å². The number of hydrogen-bond acceptors (Lipinski definition) is 2. The maximum atomic E-state index is 11.4. The van der Waals surface area contributed by atoms with Crippen molar-refractivity contribution < 1.29 is 9.90 Å². The molecule has 2 N–H and O–H groups in total. The average Bonchev–Trinajstić information content (AvgIpc) is 2.36. The number of rotatable bonds is 5. The van der Waals surface area contributed by atoms with Crippen LogP contribution in [0.5, 0.6) is 0 Å². The Morgan fingerprint density at radius 2 is 1.89 bits per heavy atom. The van der Waals surface area contributed by atoms with Crippen LogP contribution in [0.25, 0.3) is 6.08 Å². The molecule has 0 spiro atoms. The van der Waals surface area contributed by atoms with Gasteiger partial charge < -0.3 is 10.4 Å². The van der Waals surface area contributed by atoms with E-state index in [4.69, 9.17) is 5.11 Å². The summed E-state index contributed by atoms with van der Waals surface area (Å²) in [5, 5.41) is 11.3. The quantitative estimate of drug-likeness (QED) is 0.632. The minimum absolute atomic E-state index is 0.0955. The van der Waals surface area contributed by atoms with E-state index in [-0.39, 0.29) is 17.9 Å². The molecule has 0 aliphatic rings. The maximum absolute atomic E-state index is 11.4. The van der Waals surface area contributed by atoms with Gasteiger partial charge in [-0.2, -0.15) is 0 Å². The van der Waals surface area contributed by atoms with Crippen LogP contribution < -0.4 is 5.32 Å². The van der Waals surface area contributed by atoms with Crippen LogP contribution in [0.15, 0.2) is 30.3 Å². The fraction of sp³-hybridized carbons (Fsp3) is 0.438. The van der Waals surface area contributed by atoms with Crippen molar-refractivity contribution in [3.05, 3.63) is 41.5 Å². The molecule has 0 aliphatic carbocycles. The Bertz CT molecular complexity index is 427. The van der Waals surface area contributed by atoms with Gasteiger partial charge in [0.25, 0.3) is 0 Å². The van der Waals surface area contributed by atoms with Crippen LogP contribution in [0.2, 0.25) is 0 Å². The largest absolute Gasteiger partial charge is 0.396 e. The first-order valence-electron chi connectivity index (χ1n) is 6.61. The van der Waals surface area contributed by atoms with Gasteiger partial charge in [0.15, 0.2) is 0 Å². The number of aliphatic hydroxyl groups is 1. The van der Waals surface area contributed by atoms with E-state index in [1.807, 2.05) is 12.1 Å². The molecule has 0 fully saturated rings. The number of aliphatic hydroxyl groups excluding tert-OH is 1. The van der Waals surface area contributed by atoms with Gasteiger partial charge in [-0.15, -0.1) is 0 Å². The van der Waals surface area contributed by atoms with Gasteiger partial charge in [0.05, 0.1) is 0 Å². The highest BCUT2D eigenvalue weighted by molar-refractivity contribution is 5.91. The Morgan fingerprint density at radius 1 is 1.26 bits per heavy atom. The summed E-state index contributed by atoms with van der Waals surface area (Å²) in [5.74, 6) is -0.131. The van der Waals surface area contributed by atoms with Gasteiger partial charge in [-0.25, -0.2) is 0 Å². The zero-order valence-electron chi connectivity index (χ0n) is 11.9. The van der Waals surface area contributed by atoms with Crippen molar-refractivity contribution >= 4 is 12.0 Å². The lowest BCUT2D eigenvalue weighted by Crippen LogP contribution is -2.22. The first-order chi connectivity index (χ1) is 8.93. The Labute approximate surface area is 115 Å². The molecular formula is C16H23NO2. The molecule has 1 aromatic rings. The Hall–Kier alpha value is -1.61. The predicted octanol–water partition coefficient (Wildman–Crippen LogP) is 2.50. The zero-order chi connectivity index (χ0) is 14.3. The highest BCUT2D eigenvalue weighted by atomic mass is 16.3. The molecule has 0 unspecified atom stereocenters. The van der Waals surface area contributed by atoms with Crippen molar-refractivity contribution in [1.29, 1.82) is 0 Å². The van der Waals surface area contributed by atoms with Crippen LogP contribution in [-0.2, 0) is 10.2 Å². The second kappa shape index (κ2) is 7.10. The Morgan fingerprint density at radius 3 is 2.42 bits per heavy atom. The first kappa shape index (κ1) is 15.4. The van der Waals surface area contributed by atoms with E-state index in [1.165, 1.54) is 11.6 Å². The minimum Gasteiger partial charge on any atom is -0.396 e. The molecule has 0 bridgehead atoms. The summed E-state index contributed by atoms with van der Waals surface area (Å²) >= 11 is 0. The number of benzene rings is 1. The third-order valence-corrected chi connectivity index (χ3v) is 2.84. The van der Waals surface area contributed by atoms with Crippen LogP contribution in [0.4, 0.5) is 0 Å². The molecule has 0 radical (unpaired) electrons. The number of carbonyl (C=O) groups excluding carboxylic acids is 1. The molecule has 0 aliphatic heterocycles. The molecule has 3 nitrogen and oxygen atoms in total. The smallest absolute Gasteiger partial charge is 0.244 e. The summed E-state index contributed by atoms with van der Waals surface area (Å²) in [4.78, 5) is 11.4.